The molecule has 0 radical (unpaired) electrons. The maximum Gasteiger partial charge on any atom is 0.343 e. The number of aliphatic carboxylic acids is 1. The Hall–Kier alpha value is -4.89. The summed E-state index contributed by atoms with van der Waals surface area (Å²) in [6, 6.07) is 23.0. The smallest absolute Gasteiger partial charge is 0.343 e. The molecular weight excluding hydrogens is 520 g/mol. The summed E-state index contributed by atoms with van der Waals surface area (Å²) in [6.07, 6.45) is -0.0283. The lowest BCUT2D eigenvalue weighted by molar-refractivity contribution is -0.141. The molecule has 4 rings (SSSR count). The lowest BCUT2D eigenvalue weighted by atomic mass is 10.0. The molecule has 0 aromatic heterocycles. The molecule has 39 heavy (non-hydrogen) atoms. The standard InChI is InChI=1S/C29H25ClN4O5/c30-24-16-23(39-28(38)19-7-10-22(11-8-19)33-29(31)32)12-9-21(24)15-26(35)34-25(27(36)37)14-17-5-6-18-3-1-2-4-20(18)13-17/h1-13,16,25H,14-15H2,(H,34,35)(H,36,37)(H4,31,32,33)/t25-/m0/s1. The molecule has 1 atom stereocenters. The molecule has 9 nitrogen and oxygen atoms in total. The van der Waals surface area contributed by atoms with Crippen molar-refractivity contribution >= 4 is 51.9 Å². The van der Waals surface area contributed by atoms with Crippen LogP contribution in [0.3, 0.4) is 0 Å². The zero-order valence-electron chi connectivity index (χ0n) is 20.6. The number of guanidine groups is 1. The largest absolute Gasteiger partial charge is 0.480 e. The number of fused-ring (bicyclic) bond motifs is 1. The molecule has 6 N–H and O–H groups in total. The van der Waals surface area contributed by atoms with Crippen molar-refractivity contribution in [3.8, 4) is 5.75 Å². The fourth-order valence-corrected chi connectivity index (χ4v) is 4.20. The average molecular weight is 545 g/mol. The van der Waals surface area contributed by atoms with Crippen molar-refractivity contribution in [1.29, 1.82) is 5.41 Å². The highest BCUT2D eigenvalue weighted by Crippen LogP contribution is 2.24. The Bertz CT molecular complexity index is 1560. The number of hydrogen-bond donors (Lipinski definition) is 5. The lowest BCUT2D eigenvalue weighted by Crippen LogP contribution is -2.43. The average Bonchev–Trinajstić information content (AvgIpc) is 2.90. The summed E-state index contributed by atoms with van der Waals surface area (Å²) in [6.45, 7) is 0. The third-order valence-corrected chi connectivity index (χ3v) is 6.22. The molecule has 4 aromatic carbocycles. The summed E-state index contributed by atoms with van der Waals surface area (Å²) in [5.74, 6) is -2.31. The number of benzene rings is 4. The molecule has 0 bridgehead atoms. The third kappa shape index (κ3) is 7.33. The monoisotopic (exact) mass is 544 g/mol. The Labute approximate surface area is 229 Å². The number of nitrogens with two attached hydrogens (primary N) is 1. The molecule has 1 amide bonds. The predicted octanol–water partition coefficient (Wildman–Crippen LogP) is 4.37. The summed E-state index contributed by atoms with van der Waals surface area (Å²) >= 11 is 6.33. The quantitative estimate of drug-likeness (QED) is 0.0906. The fraction of sp³-hybridized carbons (Fsp3) is 0.103. The summed E-state index contributed by atoms with van der Waals surface area (Å²) in [5, 5.41) is 24.3. The second kappa shape index (κ2) is 12.1. The molecular formula is C29H25ClN4O5. The molecule has 0 unspecified atom stereocenters. The molecule has 0 spiro atoms. The van der Waals surface area contributed by atoms with Gasteiger partial charge >= 0.3 is 11.9 Å². The van der Waals surface area contributed by atoms with E-state index in [0.29, 0.717) is 11.3 Å². The van der Waals surface area contributed by atoms with Gasteiger partial charge in [0, 0.05) is 17.1 Å². The second-order valence-corrected chi connectivity index (χ2v) is 9.19. The molecule has 0 aliphatic heterocycles. The molecule has 0 fully saturated rings. The van der Waals surface area contributed by atoms with Crippen LogP contribution in [0.4, 0.5) is 5.69 Å². The van der Waals surface area contributed by atoms with E-state index in [1.165, 1.54) is 24.3 Å². The minimum atomic E-state index is -1.14. The van der Waals surface area contributed by atoms with Gasteiger partial charge < -0.3 is 26.2 Å². The number of rotatable bonds is 9. The van der Waals surface area contributed by atoms with Crippen molar-refractivity contribution in [2.75, 3.05) is 5.32 Å². The highest BCUT2D eigenvalue weighted by Gasteiger charge is 2.21. The first-order valence-corrected chi connectivity index (χ1v) is 12.3. The van der Waals surface area contributed by atoms with Gasteiger partial charge in [0.05, 0.1) is 12.0 Å². The van der Waals surface area contributed by atoms with E-state index in [1.807, 2.05) is 42.5 Å². The van der Waals surface area contributed by atoms with E-state index in [0.717, 1.165) is 16.3 Å². The van der Waals surface area contributed by atoms with Crippen molar-refractivity contribution in [2.45, 2.75) is 18.9 Å². The topological polar surface area (TPSA) is 155 Å². The highest BCUT2D eigenvalue weighted by molar-refractivity contribution is 6.31. The van der Waals surface area contributed by atoms with Gasteiger partial charge in [0.25, 0.3) is 0 Å². The Balaban J connectivity index is 1.36. The summed E-state index contributed by atoms with van der Waals surface area (Å²) in [7, 11) is 0. The van der Waals surface area contributed by atoms with Crippen LogP contribution in [-0.4, -0.2) is 35.0 Å². The molecule has 0 heterocycles. The van der Waals surface area contributed by atoms with Crippen LogP contribution < -0.4 is 21.1 Å². The minimum absolute atomic E-state index is 0.125. The number of nitrogens with one attached hydrogen (secondary N) is 3. The van der Waals surface area contributed by atoms with Crippen LogP contribution in [-0.2, 0) is 22.4 Å². The van der Waals surface area contributed by atoms with Crippen molar-refractivity contribution in [3.05, 3.63) is 107 Å². The van der Waals surface area contributed by atoms with Crippen molar-refractivity contribution in [3.63, 3.8) is 0 Å². The normalized spacial score (nSPS) is 11.4. The van der Waals surface area contributed by atoms with E-state index < -0.39 is 23.9 Å². The van der Waals surface area contributed by atoms with Crippen LogP contribution in [0.25, 0.3) is 10.8 Å². The van der Waals surface area contributed by atoms with Crippen LogP contribution in [0.1, 0.15) is 21.5 Å². The fourth-order valence-electron chi connectivity index (χ4n) is 3.97. The number of ether oxygens (including phenoxy) is 1. The number of carboxylic acids is 1. The van der Waals surface area contributed by atoms with Crippen LogP contribution in [0, 0.1) is 5.41 Å². The Morgan fingerprint density at radius 2 is 1.67 bits per heavy atom. The molecule has 0 saturated carbocycles. The molecule has 0 saturated heterocycles. The van der Waals surface area contributed by atoms with E-state index >= 15 is 0 Å². The Morgan fingerprint density at radius 1 is 0.949 bits per heavy atom. The van der Waals surface area contributed by atoms with Gasteiger partial charge in [-0.3, -0.25) is 10.2 Å². The van der Waals surface area contributed by atoms with E-state index in [-0.39, 0.29) is 35.1 Å². The maximum atomic E-state index is 12.7. The van der Waals surface area contributed by atoms with E-state index in [1.54, 1.807) is 18.2 Å². The van der Waals surface area contributed by atoms with Crippen LogP contribution in [0.15, 0.2) is 84.9 Å². The van der Waals surface area contributed by atoms with Gasteiger partial charge in [0.15, 0.2) is 5.96 Å². The van der Waals surface area contributed by atoms with E-state index in [9.17, 15) is 19.5 Å². The second-order valence-electron chi connectivity index (χ2n) is 8.78. The van der Waals surface area contributed by atoms with Gasteiger partial charge in [-0.1, -0.05) is 60.1 Å². The minimum Gasteiger partial charge on any atom is -0.480 e. The van der Waals surface area contributed by atoms with Gasteiger partial charge in [-0.15, -0.1) is 0 Å². The number of halogens is 1. The number of carbonyl (C=O) groups is 3. The Morgan fingerprint density at radius 3 is 2.33 bits per heavy atom. The maximum absolute atomic E-state index is 12.7. The third-order valence-electron chi connectivity index (χ3n) is 5.87. The van der Waals surface area contributed by atoms with Gasteiger partial charge in [0.1, 0.15) is 11.8 Å². The van der Waals surface area contributed by atoms with E-state index in [2.05, 4.69) is 10.6 Å². The number of hydrogen-bond acceptors (Lipinski definition) is 5. The van der Waals surface area contributed by atoms with Crippen molar-refractivity contribution < 1.29 is 24.2 Å². The predicted molar refractivity (Wildman–Crippen MR) is 149 cm³/mol. The first-order chi connectivity index (χ1) is 18.7. The highest BCUT2D eigenvalue weighted by atomic mass is 35.5. The van der Waals surface area contributed by atoms with Crippen molar-refractivity contribution in [2.24, 2.45) is 5.73 Å². The van der Waals surface area contributed by atoms with Gasteiger partial charge in [-0.2, -0.15) is 0 Å². The first kappa shape index (κ1) is 27.2. The molecule has 0 aliphatic carbocycles. The van der Waals surface area contributed by atoms with Crippen LogP contribution in [0.5, 0.6) is 5.75 Å². The van der Waals surface area contributed by atoms with E-state index in [4.69, 9.17) is 27.5 Å². The van der Waals surface area contributed by atoms with Crippen LogP contribution >= 0.6 is 11.6 Å². The van der Waals surface area contributed by atoms with Gasteiger partial charge in [-0.05, 0) is 58.3 Å². The molecule has 198 valence electrons. The van der Waals surface area contributed by atoms with Gasteiger partial charge in [0.2, 0.25) is 5.91 Å². The van der Waals surface area contributed by atoms with Gasteiger partial charge in [-0.25, -0.2) is 9.59 Å². The molecule has 10 heteroatoms. The van der Waals surface area contributed by atoms with Crippen LogP contribution in [0.2, 0.25) is 5.02 Å². The van der Waals surface area contributed by atoms with Crippen molar-refractivity contribution in [1.82, 2.24) is 5.32 Å². The zero-order chi connectivity index (χ0) is 27.9. The summed E-state index contributed by atoms with van der Waals surface area (Å²) in [4.78, 5) is 37.0. The summed E-state index contributed by atoms with van der Waals surface area (Å²) in [5.41, 5.74) is 7.34. The number of amides is 1. The number of esters is 1. The number of anilines is 1. The molecule has 4 aromatic rings. The number of carbonyl (C=O) groups excluding carboxylic acids is 2. The first-order valence-electron chi connectivity index (χ1n) is 11.9. The zero-order valence-corrected chi connectivity index (χ0v) is 21.4. The number of carboxylic acid groups (broad SMARTS) is 1. The Kier molecular flexibility index (Phi) is 8.43. The lowest BCUT2D eigenvalue weighted by Gasteiger charge is -2.16. The summed E-state index contributed by atoms with van der Waals surface area (Å²) < 4.78 is 5.37. The molecule has 0 aliphatic rings. The SMILES string of the molecule is N=C(N)Nc1ccc(C(=O)Oc2ccc(CC(=O)N[C@@H](Cc3ccc4ccccc4c3)C(=O)O)c(Cl)c2)cc1.